The third kappa shape index (κ3) is 2.45. The molecule has 0 radical (unpaired) electrons. The Kier molecular flexibility index (Phi) is 3.52. The van der Waals surface area contributed by atoms with E-state index in [1.165, 1.54) is 10.9 Å². The summed E-state index contributed by atoms with van der Waals surface area (Å²) in [6.07, 6.45) is 1.96. The molecule has 1 aromatic heterocycles. The fraction of sp³-hybridized carbons (Fsp3) is 0.125. The van der Waals surface area contributed by atoms with E-state index in [0.717, 1.165) is 17.7 Å². The predicted molar refractivity (Wildman–Crippen MR) is 83.6 cm³/mol. The molecule has 0 saturated carbocycles. The van der Waals surface area contributed by atoms with Crippen molar-refractivity contribution in [1.29, 1.82) is 0 Å². The van der Waals surface area contributed by atoms with E-state index in [0.29, 0.717) is 10.8 Å². The van der Waals surface area contributed by atoms with Gasteiger partial charge in [-0.25, -0.2) is 0 Å². The largest absolute Gasteiger partial charge is 0.495 e. The van der Waals surface area contributed by atoms with Gasteiger partial charge in [-0.3, -0.25) is 0 Å². The summed E-state index contributed by atoms with van der Waals surface area (Å²) in [5.41, 5.74) is 3.37. The van der Waals surface area contributed by atoms with E-state index in [1.807, 2.05) is 24.4 Å². The van der Waals surface area contributed by atoms with Crippen LogP contribution in [0.25, 0.3) is 10.9 Å². The molecule has 0 unspecified atom stereocenters. The maximum absolute atomic E-state index is 6.12. The van der Waals surface area contributed by atoms with Gasteiger partial charge in [-0.2, -0.15) is 0 Å². The third-order valence-electron chi connectivity index (χ3n) is 3.32. The Labute approximate surface area is 122 Å². The Morgan fingerprint density at radius 3 is 2.90 bits per heavy atom. The number of fused-ring (bicyclic) bond motifs is 1. The standard InChI is InChI=1S/C16H15ClN2O/c1-20-16-6-5-12(9-14(16)17)19-10-11-3-2-4-15-13(11)7-8-18-15/h2-9,18-19H,10H2,1H3. The van der Waals surface area contributed by atoms with Crippen molar-refractivity contribution in [3.63, 3.8) is 0 Å². The summed E-state index contributed by atoms with van der Waals surface area (Å²) in [7, 11) is 1.61. The molecule has 20 heavy (non-hydrogen) atoms. The number of aromatic amines is 1. The summed E-state index contributed by atoms with van der Waals surface area (Å²) >= 11 is 6.12. The number of benzene rings is 2. The third-order valence-corrected chi connectivity index (χ3v) is 3.62. The quantitative estimate of drug-likeness (QED) is 0.744. The average molecular weight is 287 g/mol. The summed E-state index contributed by atoms with van der Waals surface area (Å²) in [6.45, 7) is 0.748. The number of hydrogen-bond acceptors (Lipinski definition) is 2. The van der Waals surface area contributed by atoms with Crippen LogP contribution < -0.4 is 10.1 Å². The predicted octanol–water partition coefficient (Wildman–Crippen LogP) is 4.44. The van der Waals surface area contributed by atoms with Gasteiger partial charge in [0.15, 0.2) is 0 Å². The minimum absolute atomic E-state index is 0.609. The minimum atomic E-state index is 0.609. The molecule has 0 atom stereocenters. The number of aromatic nitrogens is 1. The van der Waals surface area contributed by atoms with Gasteiger partial charge in [0.25, 0.3) is 0 Å². The average Bonchev–Trinajstić information content (AvgIpc) is 2.94. The number of H-pyrrole nitrogens is 1. The molecule has 0 spiro atoms. The van der Waals surface area contributed by atoms with Gasteiger partial charge < -0.3 is 15.0 Å². The van der Waals surface area contributed by atoms with Crippen molar-refractivity contribution in [3.8, 4) is 5.75 Å². The number of anilines is 1. The molecule has 1 heterocycles. The number of hydrogen-bond donors (Lipinski definition) is 2. The zero-order valence-corrected chi connectivity index (χ0v) is 11.9. The highest BCUT2D eigenvalue weighted by Crippen LogP contribution is 2.27. The molecular formula is C16H15ClN2O. The molecule has 4 heteroatoms. The topological polar surface area (TPSA) is 37.0 Å². The van der Waals surface area contributed by atoms with Crippen molar-refractivity contribution >= 4 is 28.2 Å². The molecule has 0 fully saturated rings. The smallest absolute Gasteiger partial charge is 0.137 e. The zero-order valence-electron chi connectivity index (χ0n) is 11.1. The molecule has 102 valence electrons. The Morgan fingerprint density at radius 2 is 2.10 bits per heavy atom. The first-order valence-electron chi connectivity index (χ1n) is 6.40. The summed E-state index contributed by atoms with van der Waals surface area (Å²) in [5.74, 6) is 0.685. The van der Waals surface area contributed by atoms with Crippen LogP contribution in [0.4, 0.5) is 5.69 Å². The minimum Gasteiger partial charge on any atom is -0.495 e. The van der Waals surface area contributed by atoms with E-state index in [-0.39, 0.29) is 0 Å². The molecule has 0 saturated heterocycles. The molecule has 0 bridgehead atoms. The van der Waals surface area contributed by atoms with Gasteiger partial charge in [-0.1, -0.05) is 23.7 Å². The SMILES string of the molecule is COc1ccc(NCc2cccc3[nH]ccc23)cc1Cl. The number of ether oxygens (including phenoxy) is 1. The van der Waals surface area contributed by atoms with E-state index >= 15 is 0 Å². The molecule has 0 aliphatic rings. The zero-order chi connectivity index (χ0) is 13.9. The Morgan fingerprint density at radius 1 is 1.20 bits per heavy atom. The molecule has 2 aromatic carbocycles. The van der Waals surface area contributed by atoms with E-state index in [2.05, 4.69) is 34.6 Å². The van der Waals surface area contributed by atoms with Gasteiger partial charge in [-0.15, -0.1) is 0 Å². The maximum atomic E-state index is 6.12. The summed E-state index contributed by atoms with van der Waals surface area (Å²) < 4.78 is 5.15. The molecule has 3 nitrogen and oxygen atoms in total. The van der Waals surface area contributed by atoms with E-state index in [1.54, 1.807) is 7.11 Å². The lowest BCUT2D eigenvalue weighted by Gasteiger charge is -2.10. The second-order valence-corrected chi connectivity index (χ2v) is 4.97. The maximum Gasteiger partial charge on any atom is 0.137 e. The fourth-order valence-corrected chi connectivity index (χ4v) is 2.54. The van der Waals surface area contributed by atoms with Crippen molar-refractivity contribution in [2.75, 3.05) is 12.4 Å². The van der Waals surface area contributed by atoms with Gasteiger partial charge in [-0.05, 0) is 35.9 Å². The highest BCUT2D eigenvalue weighted by Gasteiger charge is 2.04. The first kappa shape index (κ1) is 12.9. The van der Waals surface area contributed by atoms with Gasteiger partial charge in [0.05, 0.1) is 12.1 Å². The second-order valence-electron chi connectivity index (χ2n) is 4.56. The van der Waals surface area contributed by atoms with Gasteiger partial charge in [0.1, 0.15) is 5.75 Å². The highest BCUT2D eigenvalue weighted by atomic mass is 35.5. The fourth-order valence-electron chi connectivity index (χ4n) is 2.28. The van der Waals surface area contributed by atoms with Crippen LogP contribution >= 0.6 is 11.6 Å². The van der Waals surface area contributed by atoms with Crippen LogP contribution in [-0.4, -0.2) is 12.1 Å². The van der Waals surface area contributed by atoms with Crippen molar-refractivity contribution < 1.29 is 4.74 Å². The Balaban J connectivity index is 1.79. The van der Waals surface area contributed by atoms with Crippen LogP contribution in [0.15, 0.2) is 48.7 Å². The number of methoxy groups -OCH3 is 1. The lowest BCUT2D eigenvalue weighted by molar-refractivity contribution is 0.415. The first-order valence-corrected chi connectivity index (χ1v) is 6.78. The molecule has 0 amide bonds. The van der Waals surface area contributed by atoms with Crippen molar-refractivity contribution in [1.82, 2.24) is 4.98 Å². The van der Waals surface area contributed by atoms with Crippen LogP contribution in [0.2, 0.25) is 5.02 Å². The number of nitrogens with one attached hydrogen (secondary N) is 2. The monoisotopic (exact) mass is 286 g/mol. The van der Waals surface area contributed by atoms with E-state index in [9.17, 15) is 0 Å². The van der Waals surface area contributed by atoms with Gasteiger partial charge in [0, 0.05) is 29.3 Å². The van der Waals surface area contributed by atoms with E-state index in [4.69, 9.17) is 16.3 Å². The normalized spacial score (nSPS) is 10.7. The number of rotatable bonds is 4. The summed E-state index contributed by atoms with van der Waals surface area (Å²) in [4.78, 5) is 3.22. The van der Waals surface area contributed by atoms with E-state index < -0.39 is 0 Å². The van der Waals surface area contributed by atoms with Crippen LogP contribution in [0.3, 0.4) is 0 Å². The van der Waals surface area contributed by atoms with Gasteiger partial charge in [0.2, 0.25) is 0 Å². The Hall–Kier alpha value is -2.13. The van der Waals surface area contributed by atoms with Crippen molar-refractivity contribution in [2.45, 2.75) is 6.54 Å². The van der Waals surface area contributed by atoms with Crippen LogP contribution in [0.5, 0.6) is 5.75 Å². The van der Waals surface area contributed by atoms with Crippen LogP contribution in [-0.2, 0) is 6.54 Å². The molecule has 0 aliphatic carbocycles. The lowest BCUT2D eigenvalue weighted by atomic mass is 10.1. The molecule has 3 aromatic rings. The first-order chi connectivity index (χ1) is 9.78. The summed E-state index contributed by atoms with van der Waals surface area (Å²) in [5, 5.41) is 5.23. The lowest BCUT2D eigenvalue weighted by Crippen LogP contribution is -1.99. The second kappa shape index (κ2) is 5.47. The van der Waals surface area contributed by atoms with Crippen LogP contribution in [0, 0.1) is 0 Å². The number of halogens is 1. The van der Waals surface area contributed by atoms with Crippen molar-refractivity contribution in [3.05, 3.63) is 59.2 Å². The highest BCUT2D eigenvalue weighted by molar-refractivity contribution is 6.32. The molecule has 2 N–H and O–H groups in total. The summed E-state index contributed by atoms with van der Waals surface area (Å²) in [6, 6.07) is 14.0. The molecule has 0 aliphatic heterocycles. The Bertz CT molecular complexity index is 736. The van der Waals surface area contributed by atoms with Crippen molar-refractivity contribution in [2.24, 2.45) is 0 Å². The molecular weight excluding hydrogens is 272 g/mol. The van der Waals surface area contributed by atoms with Crippen LogP contribution in [0.1, 0.15) is 5.56 Å². The molecule has 3 rings (SSSR count). The van der Waals surface area contributed by atoms with Gasteiger partial charge >= 0.3 is 0 Å².